The van der Waals surface area contributed by atoms with Crippen molar-refractivity contribution in [2.45, 2.75) is 191 Å². The minimum atomic E-state index is -4.48. The largest absolute Gasteiger partial charge is 0.411 e. The van der Waals surface area contributed by atoms with Gasteiger partial charge in [0.15, 0.2) is 16.7 Å². The number of hydrogen-bond donors (Lipinski definition) is 7. The van der Waals surface area contributed by atoms with E-state index in [4.69, 9.17) is 4.43 Å². The SMILES string of the molecule is CCC(C)c1cc(C#N)c(F)c(C(C)C)c1NC(=O)NS(=O)(=O)c1sc(C(C)(C)O)nc1CO.CCC(C)c1cc(C#N)c(F)c(C(C)C)c1NC(=O)NS(=O)(=O)c1sc(C(C)(C)O)nc1CO[Si](C)(C)C(C)(C)C. The minimum Gasteiger partial charge on any atom is -0.411 e. The van der Waals surface area contributed by atoms with Crippen molar-refractivity contribution in [3.63, 3.8) is 0 Å². The van der Waals surface area contributed by atoms with Gasteiger partial charge < -0.3 is 30.4 Å². The average molecular weight is 1140 g/mol. The summed E-state index contributed by atoms with van der Waals surface area (Å²) in [5.74, 6) is -2.67. The molecule has 0 fully saturated rings. The number of carbonyl (C=O) groups excluding carboxylic acids is 2. The number of nitrogens with zero attached hydrogens (tertiary/aromatic N) is 4. The number of thiazole rings is 2. The number of hydrogen-bond acceptors (Lipinski definition) is 16. The molecule has 0 bridgehead atoms. The number of sulfonamides is 2. The van der Waals surface area contributed by atoms with Crippen LogP contribution in [-0.4, -0.2) is 62.5 Å². The number of aromatic nitrogens is 2. The van der Waals surface area contributed by atoms with E-state index in [2.05, 4.69) is 41.4 Å². The van der Waals surface area contributed by atoms with E-state index in [0.29, 0.717) is 35.3 Å². The molecular weight excluding hydrogens is 1070 g/mol. The first-order valence-corrected chi connectivity index (χ1v) is 31.7. The maximum Gasteiger partial charge on any atom is 0.333 e. The number of aliphatic hydroxyl groups excluding tert-OH is 1. The van der Waals surface area contributed by atoms with Crippen LogP contribution in [0.1, 0.15) is 195 Å². The minimum absolute atomic E-state index is 0.0487. The molecule has 75 heavy (non-hydrogen) atoms. The zero-order valence-electron chi connectivity index (χ0n) is 45.7. The van der Waals surface area contributed by atoms with E-state index in [1.807, 2.05) is 62.4 Å². The maximum atomic E-state index is 15.3. The molecule has 2 aromatic carbocycles. The maximum absolute atomic E-state index is 15.3. The summed E-state index contributed by atoms with van der Waals surface area (Å²) >= 11 is 1.38. The van der Waals surface area contributed by atoms with Crippen LogP contribution in [0.25, 0.3) is 0 Å². The molecule has 4 aromatic rings. The van der Waals surface area contributed by atoms with Gasteiger partial charge in [-0.3, -0.25) is 0 Å². The van der Waals surface area contributed by atoms with Gasteiger partial charge in [-0.15, -0.1) is 22.7 Å². The van der Waals surface area contributed by atoms with Crippen molar-refractivity contribution in [1.82, 2.24) is 19.4 Å². The second-order valence-electron chi connectivity index (χ2n) is 21.3. The summed E-state index contributed by atoms with van der Waals surface area (Å²) in [6.07, 6.45) is 1.27. The molecule has 7 N–H and O–H groups in total. The molecule has 0 spiro atoms. The van der Waals surface area contributed by atoms with Gasteiger partial charge in [-0.2, -0.15) is 10.5 Å². The Kier molecular flexibility index (Phi) is 21.1. The highest BCUT2D eigenvalue weighted by atomic mass is 32.3. The molecule has 0 saturated carbocycles. The topological polar surface area (TPSA) is 294 Å². The monoisotopic (exact) mass is 1140 g/mol. The molecule has 414 valence electrons. The summed E-state index contributed by atoms with van der Waals surface area (Å²) in [6, 6.07) is 4.23. The van der Waals surface area contributed by atoms with Crippen LogP contribution in [0.5, 0.6) is 0 Å². The fourth-order valence-corrected chi connectivity index (χ4v) is 12.8. The van der Waals surface area contributed by atoms with E-state index in [9.17, 15) is 52.3 Å². The molecule has 0 aliphatic heterocycles. The quantitative estimate of drug-likeness (QED) is 0.0456. The van der Waals surface area contributed by atoms with Crippen molar-refractivity contribution >= 4 is 74.5 Å². The predicted molar refractivity (Wildman–Crippen MR) is 289 cm³/mol. The predicted octanol–water partition coefficient (Wildman–Crippen LogP) is 11.1. The first kappa shape index (κ1) is 64.3. The zero-order valence-corrected chi connectivity index (χ0v) is 49.9. The number of nitriles is 2. The normalized spacial score (nSPS) is 13.4. The highest BCUT2D eigenvalue weighted by molar-refractivity contribution is 7.92. The van der Waals surface area contributed by atoms with Gasteiger partial charge in [0.05, 0.1) is 47.1 Å². The number of carbonyl (C=O) groups is 2. The highest BCUT2D eigenvalue weighted by Crippen LogP contribution is 2.41. The Morgan fingerprint density at radius 2 is 1.05 bits per heavy atom. The van der Waals surface area contributed by atoms with Crippen molar-refractivity contribution in [3.8, 4) is 12.1 Å². The summed E-state index contributed by atoms with van der Waals surface area (Å²) in [6.45, 7) is 29.5. The van der Waals surface area contributed by atoms with Gasteiger partial charge in [-0.1, -0.05) is 76.2 Å². The highest BCUT2D eigenvalue weighted by Gasteiger charge is 2.39. The number of nitrogens with one attached hydrogen (secondary N) is 4. The lowest BCUT2D eigenvalue weighted by Gasteiger charge is -2.36. The molecule has 0 radical (unpaired) electrons. The lowest BCUT2D eigenvalue weighted by Crippen LogP contribution is -2.40. The number of urea groups is 2. The number of benzene rings is 2. The molecule has 2 atom stereocenters. The molecule has 4 rings (SSSR count). The third-order valence-electron chi connectivity index (χ3n) is 12.7. The van der Waals surface area contributed by atoms with Gasteiger partial charge in [-0.25, -0.2) is 54.6 Å². The summed E-state index contributed by atoms with van der Waals surface area (Å²) in [7, 11) is -11.2. The van der Waals surface area contributed by atoms with E-state index in [1.165, 1.54) is 39.8 Å². The summed E-state index contributed by atoms with van der Waals surface area (Å²) < 4.78 is 92.6. The Bertz CT molecular complexity index is 3070. The Morgan fingerprint density at radius 1 is 0.707 bits per heavy atom. The third-order valence-corrected chi connectivity index (χ3v) is 23.7. The number of amides is 4. The molecule has 18 nitrogen and oxygen atoms in total. The summed E-state index contributed by atoms with van der Waals surface area (Å²) in [4.78, 5) is 34.3. The fourth-order valence-electron chi connectivity index (χ4n) is 7.04. The van der Waals surface area contributed by atoms with Crippen LogP contribution in [0.3, 0.4) is 0 Å². The van der Waals surface area contributed by atoms with Crippen LogP contribution >= 0.6 is 22.7 Å². The Labute approximate surface area is 449 Å². The number of halogens is 2. The van der Waals surface area contributed by atoms with Gasteiger partial charge in [0.2, 0.25) is 0 Å². The Hall–Kier alpha value is -4.96. The van der Waals surface area contributed by atoms with E-state index < -0.39 is 85.9 Å². The van der Waals surface area contributed by atoms with Crippen molar-refractivity contribution in [1.29, 1.82) is 10.5 Å². The fraction of sp³-hybridized carbons (Fsp3) is 0.560. The standard InChI is InChI=1S/C28H43FN4O5S2Si.C22H29FN4O5S2/c1-12-17(4)19-13-18(14-30)22(29)21(16(2)3)23(19)32-26(34)33-40(36,37)24-20(31-25(39-24)28(8,9)35)15-38-41(10,11)27(5,6)7;1-7-12(4)14-8-13(9-24)17(23)16(11(2)3)18(14)26-21(29)27-34(31,32)19-15(10-28)25-20(33-19)22(5,6)30/h13,16-17,35H,12,15H2,1-11H3,(H2,32,33,34);8,11-12,28,30H,7,10H2,1-6H3,(H2,26,27,29). The van der Waals surface area contributed by atoms with E-state index in [-0.39, 0.29) is 82.7 Å². The van der Waals surface area contributed by atoms with Crippen LogP contribution in [0.15, 0.2) is 20.6 Å². The third kappa shape index (κ3) is 15.4. The van der Waals surface area contributed by atoms with Crippen molar-refractivity contribution in [2.24, 2.45) is 0 Å². The van der Waals surface area contributed by atoms with Gasteiger partial charge in [0.25, 0.3) is 20.0 Å². The first-order valence-electron chi connectivity index (χ1n) is 24.1. The van der Waals surface area contributed by atoms with E-state index in [1.54, 1.807) is 27.7 Å². The molecule has 4 amide bonds. The lowest BCUT2D eigenvalue weighted by atomic mass is 9.88. The molecular formula is C50H72F2N8O10S4Si. The van der Waals surface area contributed by atoms with Gasteiger partial charge >= 0.3 is 12.1 Å². The smallest absolute Gasteiger partial charge is 0.333 e. The Balaban J connectivity index is 0.000000402. The molecule has 2 aromatic heterocycles. The number of aliphatic hydroxyl groups is 3. The molecule has 2 unspecified atom stereocenters. The summed E-state index contributed by atoms with van der Waals surface area (Å²) in [5, 5.41) is 54.1. The van der Waals surface area contributed by atoms with Crippen molar-refractivity contribution in [2.75, 3.05) is 10.6 Å². The molecule has 0 aliphatic carbocycles. The second kappa shape index (κ2) is 24.6. The number of rotatable bonds is 18. The molecule has 0 aliphatic rings. The van der Waals surface area contributed by atoms with Crippen LogP contribution in [0.2, 0.25) is 18.1 Å². The van der Waals surface area contributed by atoms with Crippen molar-refractivity contribution in [3.05, 3.63) is 78.6 Å². The van der Waals surface area contributed by atoms with Crippen LogP contribution in [0.4, 0.5) is 29.7 Å². The van der Waals surface area contributed by atoms with Gasteiger partial charge in [-0.05, 0) is 106 Å². The van der Waals surface area contributed by atoms with Crippen molar-refractivity contribution < 1.29 is 55.0 Å². The van der Waals surface area contributed by atoms with E-state index in [0.717, 1.165) is 11.3 Å². The van der Waals surface area contributed by atoms with Crippen LogP contribution in [0, 0.1) is 34.3 Å². The Morgan fingerprint density at radius 3 is 1.35 bits per heavy atom. The molecule has 25 heteroatoms. The molecule has 0 saturated heterocycles. The number of anilines is 2. The van der Waals surface area contributed by atoms with E-state index >= 15 is 8.78 Å². The van der Waals surface area contributed by atoms with Crippen LogP contribution < -0.4 is 20.1 Å². The second-order valence-corrected chi connectivity index (χ2v) is 31.9. The van der Waals surface area contributed by atoms with Gasteiger partial charge in [0.1, 0.15) is 45.0 Å². The zero-order chi connectivity index (χ0) is 57.7. The lowest BCUT2D eigenvalue weighted by molar-refractivity contribution is 0.0773. The molecule has 2 heterocycles. The summed E-state index contributed by atoms with van der Waals surface area (Å²) in [5.41, 5.74) is -1.80. The van der Waals surface area contributed by atoms with Crippen LogP contribution in [-0.2, 0) is 48.9 Å². The average Bonchev–Trinajstić information content (AvgIpc) is 3.95. The van der Waals surface area contributed by atoms with Gasteiger partial charge in [0, 0.05) is 11.1 Å². The first-order chi connectivity index (χ1) is 34.2.